The molecule has 1 aliphatic rings. The van der Waals surface area contributed by atoms with Crippen LogP contribution in [-0.2, 0) is 26.1 Å². The van der Waals surface area contributed by atoms with Crippen molar-refractivity contribution in [3.05, 3.63) is 53.4 Å². The average molecular weight is 437 g/mol. The van der Waals surface area contributed by atoms with E-state index in [9.17, 15) is 0 Å². The minimum Gasteiger partial charge on any atom is -0.330 e. The highest BCUT2D eigenvalue weighted by Crippen LogP contribution is 2.23. The Morgan fingerprint density at radius 3 is 2.93 bits per heavy atom. The number of nitrogens with zero attached hydrogens (tertiary/aromatic N) is 5. The van der Waals surface area contributed by atoms with Gasteiger partial charge in [-0.25, -0.2) is 9.97 Å². The molecule has 0 radical (unpaired) electrons. The number of imidazole rings is 1. The van der Waals surface area contributed by atoms with Crippen LogP contribution in [-0.4, -0.2) is 30.9 Å². The largest absolute Gasteiger partial charge is 0.330 e. The summed E-state index contributed by atoms with van der Waals surface area (Å²) in [4.78, 5) is 9.27. The van der Waals surface area contributed by atoms with Crippen LogP contribution in [0, 0.1) is 0 Å². The minimum absolute atomic E-state index is 0. The molecule has 0 saturated heterocycles. The summed E-state index contributed by atoms with van der Waals surface area (Å²) >= 11 is 1.79. The molecule has 1 aromatic carbocycles. The molecule has 9 heteroatoms. The fraction of sp³-hybridized carbons (Fsp3) is 0.316. The highest BCUT2D eigenvalue weighted by molar-refractivity contribution is 7.18. The maximum Gasteiger partial charge on any atom is 0.160 e. The quantitative estimate of drug-likeness (QED) is 0.514. The van der Waals surface area contributed by atoms with Crippen LogP contribution in [0.1, 0.15) is 17.1 Å². The lowest BCUT2D eigenvalue weighted by molar-refractivity contribution is 0.476. The Bertz CT molecular complexity index is 997. The Morgan fingerprint density at radius 2 is 2.07 bits per heavy atom. The molecule has 0 fully saturated rings. The SMILES string of the molecule is Cl.Cl.c1ccc2sc(CCCn3ccnc3-c3cc4n(n3)CCNC4)nc2c1. The molecule has 28 heavy (non-hydrogen) atoms. The first-order chi connectivity index (χ1) is 12.9. The molecule has 4 heterocycles. The Balaban J connectivity index is 0.00000112. The number of hydrogen-bond donors (Lipinski definition) is 1. The standard InChI is InChI=1S/C19H20N6S.2ClH/c1-2-5-17-15(4-1)22-18(26-17)6-3-9-24-10-8-21-19(24)16-12-14-13-20-7-11-25(14)23-16;;/h1-2,4-5,8,10,12,20H,3,6-7,9,11,13H2;2*1H. The predicted octanol–water partition coefficient (Wildman–Crippen LogP) is 3.94. The van der Waals surface area contributed by atoms with Crippen molar-refractivity contribution in [2.75, 3.05) is 6.54 Å². The van der Waals surface area contributed by atoms with Crippen LogP contribution in [0.3, 0.4) is 0 Å². The number of thiazole rings is 1. The molecule has 0 amide bonds. The maximum absolute atomic E-state index is 4.73. The van der Waals surface area contributed by atoms with Crippen LogP contribution in [0.5, 0.6) is 0 Å². The van der Waals surface area contributed by atoms with E-state index < -0.39 is 0 Å². The number of aryl methyl sites for hydroxylation is 2. The summed E-state index contributed by atoms with van der Waals surface area (Å²) in [5, 5.41) is 9.32. The molecule has 0 atom stereocenters. The number of halogens is 2. The zero-order valence-corrected chi connectivity index (χ0v) is 17.7. The number of nitrogens with one attached hydrogen (secondary N) is 1. The molecule has 0 bridgehead atoms. The van der Waals surface area contributed by atoms with E-state index in [2.05, 4.69) is 43.8 Å². The van der Waals surface area contributed by atoms with Gasteiger partial charge in [-0.15, -0.1) is 36.2 Å². The average Bonchev–Trinajstić information content (AvgIpc) is 3.38. The number of fused-ring (bicyclic) bond motifs is 2. The predicted molar refractivity (Wildman–Crippen MR) is 118 cm³/mol. The van der Waals surface area contributed by atoms with Gasteiger partial charge in [0.25, 0.3) is 0 Å². The number of aromatic nitrogens is 5. The summed E-state index contributed by atoms with van der Waals surface area (Å²) < 4.78 is 5.56. The van der Waals surface area contributed by atoms with Gasteiger partial charge in [0, 0.05) is 38.4 Å². The van der Waals surface area contributed by atoms with Gasteiger partial charge >= 0.3 is 0 Å². The van der Waals surface area contributed by atoms with Crippen LogP contribution >= 0.6 is 36.2 Å². The lowest BCUT2D eigenvalue weighted by atomic mass is 10.3. The van der Waals surface area contributed by atoms with Gasteiger partial charge in [0.05, 0.1) is 27.5 Å². The van der Waals surface area contributed by atoms with Crippen LogP contribution in [0.15, 0.2) is 42.7 Å². The normalized spacial score (nSPS) is 13.0. The van der Waals surface area contributed by atoms with Crippen molar-refractivity contribution in [3.8, 4) is 11.5 Å². The minimum atomic E-state index is 0. The van der Waals surface area contributed by atoms with E-state index in [1.54, 1.807) is 11.3 Å². The van der Waals surface area contributed by atoms with Crippen molar-refractivity contribution in [2.45, 2.75) is 32.5 Å². The lowest BCUT2D eigenvalue weighted by Crippen LogP contribution is -2.28. The lowest BCUT2D eigenvalue weighted by Gasteiger charge is -2.13. The third kappa shape index (κ3) is 4.07. The first-order valence-electron chi connectivity index (χ1n) is 9.00. The summed E-state index contributed by atoms with van der Waals surface area (Å²) in [5.41, 5.74) is 3.30. The zero-order valence-electron chi connectivity index (χ0n) is 15.2. The van der Waals surface area contributed by atoms with Crippen molar-refractivity contribution < 1.29 is 0 Å². The first kappa shape index (κ1) is 20.8. The number of hydrogen-bond acceptors (Lipinski definition) is 5. The van der Waals surface area contributed by atoms with Gasteiger partial charge in [0.2, 0.25) is 0 Å². The van der Waals surface area contributed by atoms with E-state index in [4.69, 9.17) is 10.1 Å². The summed E-state index contributed by atoms with van der Waals surface area (Å²) in [6.07, 6.45) is 5.94. The van der Waals surface area contributed by atoms with Crippen LogP contribution in [0.2, 0.25) is 0 Å². The Kier molecular flexibility index (Phi) is 6.72. The number of para-hydroxylation sites is 1. The van der Waals surface area contributed by atoms with E-state index in [1.807, 2.05) is 18.5 Å². The molecule has 0 saturated carbocycles. The van der Waals surface area contributed by atoms with Gasteiger partial charge in [0.15, 0.2) is 5.82 Å². The van der Waals surface area contributed by atoms with Gasteiger partial charge in [-0.1, -0.05) is 12.1 Å². The van der Waals surface area contributed by atoms with Crippen LogP contribution < -0.4 is 5.32 Å². The molecular weight excluding hydrogens is 415 g/mol. The van der Waals surface area contributed by atoms with Gasteiger partial charge < -0.3 is 9.88 Å². The van der Waals surface area contributed by atoms with Gasteiger partial charge in [0.1, 0.15) is 5.69 Å². The second-order valence-electron chi connectivity index (χ2n) is 6.54. The maximum atomic E-state index is 4.73. The summed E-state index contributed by atoms with van der Waals surface area (Å²) in [5.74, 6) is 0.955. The third-order valence-electron chi connectivity index (χ3n) is 4.74. The van der Waals surface area contributed by atoms with E-state index in [-0.39, 0.29) is 24.8 Å². The second-order valence-corrected chi connectivity index (χ2v) is 7.66. The molecule has 1 aliphatic heterocycles. The fourth-order valence-electron chi connectivity index (χ4n) is 3.45. The molecule has 5 rings (SSSR count). The molecule has 0 aliphatic carbocycles. The van der Waals surface area contributed by atoms with E-state index in [0.717, 1.165) is 56.1 Å². The number of benzene rings is 1. The third-order valence-corrected chi connectivity index (χ3v) is 5.84. The fourth-order valence-corrected chi connectivity index (χ4v) is 4.46. The second kappa shape index (κ2) is 9.05. The number of rotatable bonds is 5. The molecule has 1 N–H and O–H groups in total. The smallest absolute Gasteiger partial charge is 0.160 e. The Labute approximate surface area is 179 Å². The van der Waals surface area contributed by atoms with Crippen molar-refractivity contribution >= 4 is 46.4 Å². The zero-order chi connectivity index (χ0) is 17.3. The molecule has 148 valence electrons. The summed E-state index contributed by atoms with van der Waals surface area (Å²) in [6.45, 7) is 3.70. The van der Waals surface area contributed by atoms with Gasteiger partial charge in [-0.05, 0) is 24.6 Å². The van der Waals surface area contributed by atoms with Crippen molar-refractivity contribution in [2.24, 2.45) is 0 Å². The van der Waals surface area contributed by atoms with E-state index in [0.29, 0.717) is 0 Å². The molecule has 3 aromatic heterocycles. The highest BCUT2D eigenvalue weighted by atomic mass is 35.5. The van der Waals surface area contributed by atoms with Crippen LogP contribution in [0.4, 0.5) is 0 Å². The van der Waals surface area contributed by atoms with Crippen LogP contribution in [0.25, 0.3) is 21.7 Å². The molecular formula is C19H22Cl2N6S. The van der Waals surface area contributed by atoms with Crippen molar-refractivity contribution in [3.63, 3.8) is 0 Å². The van der Waals surface area contributed by atoms with E-state index >= 15 is 0 Å². The molecule has 0 spiro atoms. The monoisotopic (exact) mass is 436 g/mol. The van der Waals surface area contributed by atoms with Crippen molar-refractivity contribution in [1.82, 2.24) is 29.6 Å². The topological polar surface area (TPSA) is 60.6 Å². The van der Waals surface area contributed by atoms with Crippen molar-refractivity contribution in [1.29, 1.82) is 0 Å². The van der Waals surface area contributed by atoms with E-state index in [1.165, 1.54) is 15.4 Å². The Hall–Kier alpha value is -1.93. The van der Waals surface area contributed by atoms with Gasteiger partial charge in [-0.2, -0.15) is 5.10 Å². The summed E-state index contributed by atoms with van der Waals surface area (Å²) in [7, 11) is 0. The summed E-state index contributed by atoms with van der Waals surface area (Å²) in [6, 6.07) is 10.5. The Morgan fingerprint density at radius 1 is 1.18 bits per heavy atom. The molecule has 6 nitrogen and oxygen atoms in total. The highest BCUT2D eigenvalue weighted by Gasteiger charge is 2.16. The molecule has 0 unspecified atom stereocenters. The van der Waals surface area contributed by atoms with Gasteiger partial charge in [-0.3, -0.25) is 4.68 Å². The first-order valence-corrected chi connectivity index (χ1v) is 9.82. The molecule has 4 aromatic rings.